The van der Waals surface area contributed by atoms with E-state index in [-0.39, 0.29) is 24.3 Å². The van der Waals surface area contributed by atoms with Crippen LogP contribution in [0.3, 0.4) is 0 Å². The molecule has 0 saturated carbocycles. The fourth-order valence-corrected chi connectivity index (χ4v) is 5.07. The number of carbonyl (C=O) groups excluding carboxylic acids is 3. The average molecular weight is 477 g/mol. The van der Waals surface area contributed by atoms with Crippen LogP contribution in [0.2, 0.25) is 0 Å². The summed E-state index contributed by atoms with van der Waals surface area (Å²) in [5.74, 6) is 2.08. The Morgan fingerprint density at radius 3 is 1.91 bits per heavy atom. The van der Waals surface area contributed by atoms with E-state index in [0.29, 0.717) is 50.1 Å². The van der Waals surface area contributed by atoms with Crippen LogP contribution in [0.25, 0.3) is 0 Å². The molecule has 0 aliphatic carbocycles. The summed E-state index contributed by atoms with van der Waals surface area (Å²) in [5.41, 5.74) is 0.892. The predicted molar refractivity (Wildman–Crippen MR) is 132 cm³/mol. The van der Waals surface area contributed by atoms with Gasteiger partial charge in [0.25, 0.3) is 11.8 Å². The Balaban J connectivity index is 1.07. The van der Waals surface area contributed by atoms with Crippen molar-refractivity contribution in [2.75, 3.05) is 55.6 Å². The highest BCUT2D eigenvalue weighted by Gasteiger charge is 2.34. The Morgan fingerprint density at radius 1 is 0.829 bits per heavy atom. The smallest absolute Gasteiger partial charge is 0.261 e. The van der Waals surface area contributed by atoms with Gasteiger partial charge in [-0.15, -0.1) is 10.2 Å². The normalized spacial score (nSPS) is 18.9. The molecule has 1 aromatic carbocycles. The van der Waals surface area contributed by atoms with Gasteiger partial charge in [-0.1, -0.05) is 19.1 Å². The summed E-state index contributed by atoms with van der Waals surface area (Å²) < 4.78 is 0. The Morgan fingerprint density at radius 2 is 1.37 bits per heavy atom. The zero-order valence-electron chi connectivity index (χ0n) is 20.2. The van der Waals surface area contributed by atoms with Crippen LogP contribution in [0.5, 0.6) is 0 Å². The quantitative estimate of drug-likeness (QED) is 0.592. The lowest BCUT2D eigenvalue weighted by atomic mass is 9.99. The number of imide groups is 1. The molecule has 0 radical (unpaired) electrons. The maximum atomic E-state index is 12.7. The van der Waals surface area contributed by atoms with E-state index in [9.17, 15) is 14.4 Å². The molecule has 0 atom stereocenters. The molecule has 0 spiro atoms. The van der Waals surface area contributed by atoms with Crippen molar-refractivity contribution in [2.45, 2.75) is 32.6 Å². The molecule has 3 aliphatic heterocycles. The fourth-order valence-electron chi connectivity index (χ4n) is 5.07. The monoisotopic (exact) mass is 476 g/mol. The van der Waals surface area contributed by atoms with Gasteiger partial charge in [0.15, 0.2) is 11.6 Å². The summed E-state index contributed by atoms with van der Waals surface area (Å²) >= 11 is 0. The highest BCUT2D eigenvalue weighted by Crippen LogP contribution is 2.24. The minimum absolute atomic E-state index is 0.0574. The van der Waals surface area contributed by atoms with Crippen molar-refractivity contribution in [2.24, 2.45) is 5.92 Å². The number of amides is 3. The number of carbonyl (C=O) groups is 3. The van der Waals surface area contributed by atoms with Gasteiger partial charge in [-0.25, -0.2) is 0 Å². The molecular weight excluding hydrogens is 444 g/mol. The number of anilines is 2. The van der Waals surface area contributed by atoms with Gasteiger partial charge in [0.2, 0.25) is 5.91 Å². The predicted octanol–water partition coefficient (Wildman–Crippen LogP) is 2.44. The second-order valence-electron chi connectivity index (χ2n) is 9.70. The summed E-state index contributed by atoms with van der Waals surface area (Å²) in [6, 6.07) is 10.9. The summed E-state index contributed by atoms with van der Waals surface area (Å²) in [5, 5.41) is 8.91. The number of aromatic nitrogens is 2. The minimum atomic E-state index is -0.270. The van der Waals surface area contributed by atoms with Gasteiger partial charge in [0.05, 0.1) is 11.1 Å². The first-order valence-corrected chi connectivity index (χ1v) is 12.6. The summed E-state index contributed by atoms with van der Waals surface area (Å²) in [6.07, 6.45) is 3.17. The summed E-state index contributed by atoms with van der Waals surface area (Å²) in [7, 11) is 0. The highest BCUT2D eigenvalue weighted by molar-refractivity contribution is 6.21. The number of hydrogen-bond acceptors (Lipinski definition) is 7. The lowest BCUT2D eigenvalue weighted by molar-refractivity contribution is -0.131. The molecule has 0 bridgehead atoms. The van der Waals surface area contributed by atoms with Crippen LogP contribution >= 0.6 is 0 Å². The minimum Gasteiger partial charge on any atom is -0.355 e. The van der Waals surface area contributed by atoms with E-state index < -0.39 is 0 Å². The topological polar surface area (TPSA) is 90.0 Å². The third-order valence-corrected chi connectivity index (χ3v) is 7.35. The molecule has 4 heterocycles. The van der Waals surface area contributed by atoms with Crippen molar-refractivity contribution in [1.29, 1.82) is 0 Å². The summed E-state index contributed by atoms with van der Waals surface area (Å²) in [6.45, 7) is 7.28. The molecule has 35 heavy (non-hydrogen) atoms. The molecule has 9 heteroatoms. The van der Waals surface area contributed by atoms with E-state index in [2.05, 4.69) is 33.0 Å². The van der Waals surface area contributed by atoms with E-state index >= 15 is 0 Å². The van der Waals surface area contributed by atoms with E-state index in [4.69, 9.17) is 0 Å². The number of piperazine rings is 1. The van der Waals surface area contributed by atoms with Gasteiger partial charge in [-0.05, 0) is 49.4 Å². The molecule has 5 rings (SSSR count). The SMILES string of the molecule is CC1CCN(c2ccc(N3CCN(C(=O)CCCN4C(=O)c5ccccc5C4=O)CC3)nn2)CC1. The standard InChI is InChI=1S/C26H32N6O3/c1-19-10-13-29(14-11-19)22-8-9-23(28-27-22)30-15-17-31(18-16-30)24(33)7-4-12-32-25(34)20-5-2-3-6-21(20)26(32)35/h2-3,5-6,8-9,19H,4,7,10-18H2,1H3. The number of piperidine rings is 1. The van der Waals surface area contributed by atoms with E-state index in [1.54, 1.807) is 24.3 Å². The Kier molecular flexibility index (Phi) is 6.66. The first-order chi connectivity index (χ1) is 17.0. The van der Waals surface area contributed by atoms with Gasteiger partial charge < -0.3 is 14.7 Å². The van der Waals surface area contributed by atoms with Crippen LogP contribution in [-0.2, 0) is 4.79 Å². The van der Waals surface area contributed by atoms with E-state index in [1.165, 1.54) is 17.7 Å². The van der Waals surface area contributed by atoms with Gasteiger partial charge in [-0.3, -0.25) is 19.3 Å². The van der Waals surface area contributed by atoms with Crippen molar-refractivity contribution in [3.05, 3.63) is 47.5 Å². The number of nitrogens with zero attached hydrogens (tertiary/aromatic N) is 6. The Bertz CT molecular complexity index is 1050. The first-order valence-electron chi connectivity index (χ1n) is 12.6. The molecule has 1 aromatic heterocycles. The van der Waals surface area contributed by atoms with Crippen LogP contribution in [0, 0.1) is 5.92 Å². The van der Waals surface area contributed by atoms with Crippen molar-refractivity contribution < 1.29 is 14.4 Å². The lowest BCUT2D eigenvalue weighted by Gasteiger charge is -2.35. The molecule has 3 amide bonds. The molecule has 3 aliphatic rings. The number of hydrogen-bond donors (Lipinski definition) is 0. The molecule has 9 nitrogen and oxygen atoms in total. The molecule has 0 unspecified atom stereocenters. The third-order valence-electron chi connectivity index (χ3n) is 7.35. The second-order valence-corrected chi connectivity index (χ2v) is 9.70. The second kappa shape index (κ2) is 10.0. The maximum Gasteiger partial charge on any atom is 0.261 e. The Hall–Kier alpha value is -3.49. The van der Waals surface area contributed by atoms with E-state index in [0.717, 1.165) is 30.6 Å². The summed E-state index contributed by atoms with van der Waals surface area (Å²) in [4.78, 5) is 45.2. The zero-order valence-corrected chi connectivity index (χ0v) is 20.2. The molecule has 2 fully saturated rings. The third kappa shape index (κ3) is 4.85. The van der Waals surface area contributed by atoms with Crippen LogP contribution in [0.15, 0.2) is 36.4 Å². The van der Waals surface area contributed by atoms with Gasteiger partial charge in [0, 0.05) is 52.2 Å². The lowest BCUT2D eigenvalue weighted by Crippen LogP contribution is -2.49. The number of fused-ring (bicyclic) bond motifs is 1. The van der Waals surface area contributed by atoms with E-state index in [1.807, 2.05) is 11.0 Å². The average Bonchev–Trinajstić information content (AvgIpc) is 3.14. The molecule has 2 aromatic rings. The highest BCUT2D eigenvalue weighted by atomic mass is 16.2. The van der Waals surface area contributed by atoms with Crippen LogP contribution in [-0.4, -0.2) is 83.5 Å². The van der Waals surface area contributed by atoms with Crippen LogP contribution < -0.4 is 9.80 Å². The van der Waals surface area contributed by atoms with Crippen molar-refractivity contribution in [1.82, 2.24) is 20.0 Å². The maximum absolute atomic E-state index is 12.7. The van der Waals surface area contributed by atoms with Crippen molar-refractivity contribution in [3.8, 4) is 0 Å². The number of benzene rings is 1. The largest absolute Gasteiger partial charge is 0.355 e. The molecule has 184 valence electrons. The van der Waals surface area contributed by atoms with Crippen molar-refractivity contribution in [3.63, 3.8) is 0 Å². The van der Waals surface area contributed by atoms with Crippen LogP contribution in [0.1, 0.15) is 53.3 Å². The van der Waals surface area contributed by atoms with Crippen molar-refractivity contribution >= 4 is 29.4 Å². The Labute approximate surface area is 205 Å². The van der Waals surface area contributed by atoms with Crippen LogP contribution in [0.4, 0.5) is 11.6 Å². The molecular formula is C26H32N6O3. The first kappa shape index (κ1) is 23.3. The van der Waals surface area contributed by atoms with Gasteiger partial charge in [-0.2, -0.15) is 0 Å². The number of rotatable bonds is 6. The van der Waals surface area contributed by atoms with Gasteiger partial charge >= 0.3 is 0 Å². The zero-order chi connectivity index (χ0) is 24.4. The van der Waals surface area contributed by atoms with Gasteiger partial charge in [0.1, 0.15) is 0 Å². The fraction of sp³-hybridized carbons (Fsp3) is 0.500. The molecule has 0 N–H and O–H groups in total. The molecule has 2 saturated heterocycles.